The van der Waals surface area contributed by atoms with Gasteiger partial charge in [-0.25, -0.2) is 0 Å². The summed E-state index contributed by atoms with van der Waals surface area (Å²) < 4.78 is 5.31. The zero-order valence-corrected chi connectivity index (χ0v) is 14.5. The Morgan fingerprint density at radius 1 is 1.12 bits per heavy atom. The second-order valence-electron chi connectivity index (χ2n) is 5.79. The monoisotopic (exact) mass is 336 g/mol. The predicted molar refractivity (Wildman–Crippen MR) is 96.4 cm³/mol. The molecule has 1 aromatic heterocycles. The molecule has 1 heterocycles. The Kier molecular flexibility index (Phi) is 4.79. The van der Waals surface area contributed by atoms with Gasteiger partial charge in [0.05, 0.1) is 6.54 Å². The average molecular weight is 336 g/mol. The van der Waals surface area contributed by atoms with Crippen molar-refractivity contribution in [2.45, 2.75) is 20.4 Å². The van der Waals surface area contributed by atoms with Crippen LogP contribution in [0, 0.1) is 13.8 Å². The molecule has 0 aliphatic carbocycles. The quantitative estimate of drug-likeness (QED) is 0.747. The number of carbonyl (C=O) groups is 1. The molecule has 0 unspecified atom stereocenters. The van der Waals surface area contributed by atoms with Crippen LogP contribution in [-0.2, 0) is 6.54 Å². The van der Waals surface area contributed by atoms with Gasteiger partial charge >= 0.3 is 0 Å². The average Bonchev–Trinajstić information content (AvgIpc) is 3.10. The van der Waals surface area contributed by atoms with Gasteiger partial charge in [-0.3, -0.25) is 4.79 Å². The van der Waals surface area contributed by atoms with Crippen molar-refractivity contribution in [3.63, 3.8) is 0 Å². The van der Waals surface area contributed by atoms with Gasteiger partial charge in [0.25, 0.3) is 5.91 Å². The van der Waals surface area contributed by atoms with Crippen LogP contribution in [0.3, 0.4) is 0 Å². The van der Waals surface area contributed by atoms with E-state index in [0.29, 0.717) is 23.8 Å². The first-order chi connectivity index (χ1) is 12.1. The summed E-state index contributed by atoms with van der Waals surface area (Å²) in [6.45, 7) is 4.32. The Labute approximate surface area is 146 Å². The lowest BCUT2D eigenvalue weighted by Gasteiger charge is -2.11. The van der Waals surface area contributed by atoms with E-state index in [0.717, 1.165) is 16.8 Å². The summed E-state index contributed by atoms with van der Waals surface area (Å²) in [5.41, 5.74) is 4.47. The molecular weight excluding hydrogens is 316 g/mol. The van der Waals surface area contributed by atoms with E-state index in [9.17, 15) is 4.79 Å². The molecule has 0 saturated heterocycles. The molecule has 0 radical (unpaired) electrons. The van der Waals surface area contributed by atoms with E-state index in [1.165, 1.54) is 5.56 Å². The maximum atomic E-state index is 11.9. The lowest BCUT2D eigenvalue weighted by Crippen LogP contribution is -2.19. The molecule has 0 atom stereocenters. The number of aromatic nitrogens is 2. The van der Waals surface area contributed by atoms with Gasteiger partial charge in [-0.2, -0.15) is 4.98 Å². The predicted octanol–water partition coefficient (Wildman–Crippen LogP) is 3.33. The Balaban J connectivity index is 1.72. The highest BCUT2D eigenvalue weighted by Gasteiger charge is 2.12. The fraction of sp³-hybridized carbons (Fsp3) is 0.211. The second-order valence-corrected chi connectivity index (χ2v) is 5.79. The first-order valence-corrected chi connectivity index (χ1v) is 8.03. The van der Waals surface area contributed by atoms with Crippen molar-refractivity contribution < 1.29 is 9.32 Å². The number of amides is 1. The van der Waals surface area contributed by atoms with Gasteiger partial charge in [0.1, 0.15) is 0 Å². The van der Waals surface area contributed by atoms with E-state index in [1.54, 1.807) is 13.1 Å². The lowest BCUT2D eigenvalue weighted by atomic mass is 10.1. The molecular formula is C19H20N4O2. The minimum absolute atomic E-state index is 0.111. The molecule has 2 N–H and O–H groups in total. The number of anilines is 1. The van der Waals surface area contributed by atoms with E-state index >= 15 is 0 Å². The summed E-state index contributed by atoms with van der Waals surface area (Å²) in [5.74, 6) is 0.938. The van der Waals surface area contributed by atoms with Gasteiger partial charge in [-0.1, -0.05) is 41.1 Å². The smallest absolute Gasteiger partial charge is 0.251 e. The van der Waals surface area contributed by atoms with E-state index in [4.69, 9.17) is 4.52 Å². The Morgan fingerprint density at radius 2 is 1.88 bits per heavy atom. The van der Waals surface area contributed by atoms with Crippen molar-refractivity contribution in [1.82, 2.24) is 15.5 Å². The fourth-order valence-electron chi connectivity index (χ4n) is 2.53. The molecule has 2 aromatic carbocycles. The number of aryl methyl sites for hydroxylation is 1. The Morgan fingerprint density at radius 3 is 2.60 bits per heavy atom. The number of carbonyl (C=O) groups excluding carboxylic acids is 1. The fourth-order valence-corrected chi connectivity index (χ4v) is 2.53. The molecule has 0 spiro atoms. The topological polar surface area (TPSA) is 80.0 Å². The molecule has 128 valence electrons. The molecule has 0 saturated carbocycles. The minimum atomic E-state index is -0.111. The molecule has 1 amide bonds. The highest BCUT2D eigenvalue weighted by Crippen LogP contribution is 2.20. The van der Waals surface area contributed by atoms with Gasteiger partial charge < -0.3 is 15.2 Å². The molecule has 0 aliphatic heterocycles. The van der Waals surface area contributed by atoms with E-state index in [1.807, 2.05) is 50.2 Å². The van der Waals surface area contributed by atoms with Crippen molar-refractivity contribution in [1.29, 1.82) is 0 Å². The van der Waals surface area contributed by atoms with Gasteiger partial charge in [0, 0.05) is 23.9 Å². The summed E-state index contributed by atoms with van der Waals surface area (Å²) in [7, 11) is 1.62. The highest BCUT2D eigenvalue weighted by molar-refractivity contribution is 5.96. The molecule has 0 aliphatic rings. The molecule has 6 heteroatoms. The molecule has 3 aromatic rings. The standard InChI is InChI=1S/C19H20N4O2/c1-12-7-9-14(10-8-12)18-22-17(25-23-18)11-21-16-6-4-5-15(13(16)2)19(24)20-3/h4-10,21H,11H2,1-3H3,(H,20,24). The number of hydrogen-bond donors (Lipinski definition) is 2. The van der Waals surface area contributed by atoms with Crippen LogP contribution in [0.1, 0.15) is 27.4 Å². The molecule has 0 bridgehead atoms. The first kappa shape index (κ1) is 16.7. The zero-order valence-electron chi connectivity index (χ0n) is 14.5. The Hall–Kier alpha value is -3.15. The SMILES string of the molecule is CNC(=O)c1cccc(NCc2nc(-c3ccc(C)cc3)no2)c1C. The van der Waals surface area contributed by atoms with E-state index in [-0.39, 0.29) is 5.91 Å². The van der Waals surface area contributed by atoms with Crippen LogP contribution in [0.4, 0.5) is 5.69 Å². The van der Waals surface area contributed by atoms with Crippen LogP contribution >= 0.6 is 0 Å². The highest BCUT2D eigenvalue weighted by atomic mass is 16.5. The summed E-state index contributed by atoms with van der Waals surface area (Å²) in [6, 6.07) is 13.5. The van der Waals surface area contributed by atoms with Crippen LogP contribution in [0.2, 0.25) is 0 Å². The van der Waals surface area contributed by atoms with Crippen molar-refractivity contribution in [2.24, 2.45) is 0 Å². The van der Waals surface area contributed by atoms with Crippen molar-refractivity contribution >= 4 is 11.6 Å². The van der Waals surface area contributed by atoms with Crippen LogP contribution in [0.5, 0.6) is 0 Å². The molecule has 6 nitrogen and oxygen atoms in total. The maximum Gasteiger partial charge on any atom is 0.251 e. The number of hydrogen-bond acceptors (Lipinski definition) is 5. The van der Waals surface area contributed by atoms with E-state index < -0.39 is 0 Å². The van der Waals surface area contributed by atoms with Crippen LogP contribution in [0.25, 0.3) is 11.4 Å². The maximum absolute atomic E-state index is 11.9. The molecule has 0 fully saturated rings. The lowest BCUT2D eigenvalue weighted by molar-refractivity contribution is 0.0962. The summed E-state index contributed by atoms with van der Waals surface area (Å²) >= 11 is 0. The first-order valence-electron chi connectivity index (χ1n) is 8.03. The number of nitrogens with zero attached hydrogens (tertiary/aromatic N) is 2. The number of nitrogens with one attached hydrogen (secondary N) is 2. The number of benzene rings is 2. The third kappa shape index (κ3) is 3.68. The van der Waals surface area contributed by atoms with Crippen molar-refractivity contribution in [2.75, 3.05) is 12.4 Å². The van der Waals surface area contributed by atoms with Crippen molar-refractivity contribution in [3.05, 3.63) is 65.0 Å². The van der Waals surface area contributed by atoms with Crippen LogP contribution in [-0.4, -0.2) is 23.1 Å². The van der Waals surface area contributed by atoms with Gasteiger partial charge in [-0.15, -0.1) is 0 Å². The summed E-state index contributed by atoms with van der Waals surface area (Å²) in [4.78, 5) is 16.3. The third-order valence-electron chi connectivity index (χ3n) is 4.01. The second kappa shape index (κ2) is 7.17. The minimum Gasteiger partial charge on any atom is -0.376 e. The normalized spacial score (nSPS) is 10.5. The largest absolute Gasteiger partial charge is 0.376 e. The summed E-state index contributed by atoms with van der Waals surface area (Å²) in [5, 5.41) is 9.91. The summed E-state index contributed by atoms with van der Waals surface area (Å²) in [6.07, 6.45) is 0. The van der Waals surface area contributed by atoms with Gasteiger partial charge in [0.2, 0.25) is 11.7 Å². The number of rotatable bonds is 5. The van der Waals surface area contributed by atoms with Gasteiger partial charge in [-0.05, 0) is 31.5 Å². The molecule has 25 heavy (non-hydrogen) atoms. The van der Waals surface area contributed by atoms with Gasteiger partial charge in [0.15, 0.2) is 0 Å². The van der Waals surface area contributed by atoms with Crippen LogP contribution in [0.15, 0.2) is 47.0 Å². The van der Waals surface area contributed by atoms with Crippen LogP contribution < -0.4 is 10.6 Å². The Bertz CT molecular complexity index is 885. The van der Waals surface area contributed by atoms with Crippen molar-refractivity contribution in [3.8, 4) is 11.4 Å². The van der Waals surface area contributed by atoms with E-state index in [2.05, 4.69) is 20.8 Å². The third-order valence-corrected chi connectivity index (χ3v) is 4.01. The zero-order chi connectivity index (χ0) is 17.8. The molecule has 3 rings (SSSR count).